The van der Waals surface area contributed by atoms with Crippen LogP contribution in [0.1, 0.15) is 45.8 Å². The van der Waals surface area contributed by atoms with Gasteiger partial charge in [-0.1, -0.05) is 42.5 Å². The zero-order chi connectivity index (χ0) is 25.9. The number of amidine groups is 1. The van der Waals surface area contributed by atoms with Gasteiger partial charge in [0.25, 0.3) is 5.91 Å². The number of amides is 1. The average Bonchev–Trinajstić information content (AvgIpc) is 3.25. The second kappa shape index (κ2) is 8.16. The number of fused-ring (bicyclic) bond motifs is 6. The SMILES string of the molecule is CC1=Nc2ccccc2C(=O)OC2(C)c3c(C)nn(-c4ccccc4)c3N(C)C(=O)c3ccccc3N12. The first-order chi connectivity index (χ1) is 17.8. The van der Waals surface area contributed by atoms with Gasteiger partial charge in [0.2, 0.25) is 5.72 Å². The van der Waals surface area contributed by atoms with Crippen LogP contribution in [0.3, 0.4) is 0 Å². The number of esters is 1. The zero-order valence-corrected chi connectivity index (χ0v) is 21.0. The van der Waals surface area contributed by atoms with Crippen LogP contribution in [0.15, 0.2) is 83.9 Å². The smallest absolute Gasteiger partial charge is 0.342 e. The molecule has 0 N–H and O–H groups in total. The number of anilines is 2. The van der Waals surface area contributed by atoms with Gasteiger partial charge in [0.15, 0.2) is 0 Å². The molecule has 3 heterocycles. The standard InChI is InChI=1S/C29H25N5O3/c1-18-25-26(34(31-18)20-12-6-5-7-13-20)32(4)27(35)22-15-9-11-17-24(22)33-19(2)30-23-16-10-8-14-21(23)28(36)37-29(25,33)3/h5-17H,1-4H3. The molecule has 0 saturated carbocycles. The Hall–Kier alpha value is -4.72. The summed E-state index contributed by atoms with van der Waals surface area (Å²) in [7, 11) is 1.72. The summed E-state index contributed by atoms with van der Waals surface area (Å²) in [6.07, 6.45) is 0. The van der Waals surface area contributed by atoms with Crippen LogP contribution >= 0.6 is 0 Å². The molecule has 4 aromatic rings. The van der Waals surface area contributed by atoms with E-state index in [-0.39, 0.29) is 5.91 Å². The Morgan fingerprint density at radius 2 is 1.49 bits per heavy atom. The van der Waals surface area contributed by atoms with Gasteiger partial charge in [0.1, 0.15) is 11.7 Å². The molecule has 6 rings (SSSR count). The molecular weight excluding hydrogens is 466 g/mol. The predicted molar refractivity (Wildman–Crippen MR) is 142 cm³/mol. The molecule has 0 aliphatic carbocycles. The van der Waals surface area contributed by atoms with Crippen LogP contribution in [0, 0.1) is 6.92 Å². The molecule has 1 unspecified atom stereocenters. The lowest BCUT2D eigenvalue weighted by Crippen LogP contribution is -2.53. The van der Waals surface area contributed by atoms with E-state index in [0.717, 1.165) is 5.69 Å². The lowest BCUT2D eigenvalue weighted by Gasteiger charge is -2.45. The fraction of sp³-hybridized carbons (Fsp3) is 0.172. The minimum atomic E-state index is -1.38. The topological polar surface area (TPSA) is 80.0 Å². The number of ether oxygens (including phenoxy) is 1. The van der Waals surface area contributed by atoms with Crippen LogP contribution in [-0.2, 0) is 10.5 Å². The predicted octanol–water partition coefficient (Wildman–Crippen LogP) is 5.37. The quantitative estimate of drug-likeness (QED) is 0.335. The van der Waals surface area contributed by atoms with E-state index in [9.17, 15) is 9.59 Å². The van der Waals surface area contributed by atoms with Gasteiger partial charge in [0, 0.05) is 14.0 Å². The number of carbonyl (C=O) groups excluding carboxylic acids is 2. The van der Waals surface area contributed by atoms with E-state index in [1.54, 1.807) is 40.9 Å². The van der Waals surface area contributed by atoms with Crippen molar-refractivity contribution in [3.63, 3.8) is 0 Å². The third-order valence-electron chi connectivity index (χ3n) is 6.95. The highest BCUT2D eigenvalue weighted by Crippen LogP contribution is 2.47. The van der Waals surface area contributed by atoms with E-state index in [1.807, 2.05) is 80.3 Å². The van der Waals surface area contributed by atoms with Crippen LogP contribution < -0.4 is 9.80 Å². The van der Waals surface area contributed by atoms with Gasteiger partial charge in [-0.3, -0.25) is 14.6 Å². The van der Waals surface area contributed by atoms with Gasteiger partial charge in [0.05, 0.1) is 39.4 Å². The second-order valence-corrected chi connectivity index (χ2v) is 9.30. The zero-order valence-electron chi connectivity index (χ0n) is 21.0. The number of aliphatic imine (C=N–C) groups is 1. The number of hydrogen-bond donors (Lipinski definition) is 0. The molecule has 0 bridgehead atoms. The average molecular weight is 492 g/mol. The van der Waals surface area contributed by atoms with Gasteiger partial charge >= 0.3 is 5.97 Å². The molecule has 2 aliphatic rings. The maximum absolute atomic E-state index is 14.0. The van der Waals surface area contributed by atoms with Crippen LogP contribution in [-0.4, -0.2) is 34.5 Å². The van der Waals surface area contributed by atoms with Crippen molar-refractivity contribution in [3.05, 3.63) is 101 Å². The molecule has 2 aliphatic heterocycles. The van der Waals surface area contributed by atoms with E-state index in [1.165, 1.54) is 0 Å². The Morgan fingerprint density at radius 3 is 2.24 bits per heavy atom. The molecule has 37 heavy (non-hydrogen) atoms. The van der Waals surface area contributed by atoms with Crippen LogP contribution in [0.25, 0.3) is 5.69 Å². The van der Waals surface area contributed by atoms with E-state index in [2.05, 4.69) is 0 Å². The lowest BCUT2D eigenvalue weighted by molar-refractivity contribution is -0.00798. The maximum atomic E-state index is 14.0. The molecule has 1 amide bonds. The highest BCUT2D eigenvalue weighted by atomic mass is 16.6. The number of carbonyl (C=O) groups is 2. The number of aryl methyl sites for hydroxylation is 1. The summed E-state index contributed by atoms with van der Waals surface area (Å²) in [4.78, 5) is 35.9. The Labute approximate surface area is 214 Å². The van der Waals surface area contributed by atoms with Crippen molar-refractivity contribution in [2.75, 3.05) is 16.8 Å². The number of para-hydroxylation sites is 3. The molecule has 0 saturated heterocycles. The minimum absolute atomic E-state index is 0.211. The summed E-state index contributed by atoms with van der Waals surface area (Å²) < 4.78 is 8.16. The Morgan fingerprint density at radius 1 is 0.838 bits per heavy atom. The molecule has 0 fully saturated rings. The highest BCUT2D eigenvalue weighted by Gasteiger charge is 2.49. The van der Waals surface area contributed by atoms with Crippen molar-refractivity contribution < 1.29 is 14.3 Å². The Balaban J connectivity index is 1.73. The van der Waals surface area contributed by atoms with Crippen LogP contribution in [0.4, 0.5) is 17.2 Å². The molecule has 0 spiro atoms. The van der Waals surface area contributed by atoms with Crippen molar-refractivity contribution in [1.29, 1.82) is 0 Å². The maximum Gasteiger partial charge on any atom is 0.342 e. The van der Waals surface area contributed by atoms with Gasteiger partial charge in [-0.25, -0.2) is 14.5 Å². The first kappa shape index (κ1) is 22.7. The molecule has 184 valence electrons. The third-order valence-corrected chi connectivity index (χ3v) is 6.95. The van der Waals surface area contributed by atoms with Crippen molar-refractivity contribution in [1.82, 2.24) is 9.78 Å². The normalized spacial score (nSPS) is 18.8. The van der Waals surface area contributed by atoms with Crippen LogP contribution in [0.5, 0.6) is 0 Å². The largest absolute Gasteiger partial charge is 0.430 e. The van der Waals surface area contributed by atoms with Gasteiger partial charge in [-0.05, 0) is 50.2 Å². The third kappa shape index (κ3) is 3.29. The van der Waals surface area contributed by atoms with Crippen molar-refractivity contribution >= 4 is 34.9 Å². The number of benzene rings is 3. The molecule has 0 radical (unpaired) electrons. The summed E-state index contributed by atoms with van der Waals surface area (Å²) >= 11 is 0. The Bertz CT molecular complexity index is 1610. The van der Waals surface area contributed by atoms with Gasteiger partial charge in [-0.2, -0.15) is 5.10 Å². The van der Waals surface area contributed by atoms with Gasteiger partial charge < -0.3 is 4.74 Å². The van der Waals surface area contributed by atoms with E-state index >= 15 is 0 Å². The summed E-state index contributed by atoms with van der Waals surface area (Å²) in [5.41, 5.74) is 2.55. The highest BCUT2D eigenvalue weighted by molar-refractivity contribution is 6.14. The van der Waals surface area contributed by atoms with Gasteiger partial charge in [-0.15, -0.1) is 0 Å². The summed E-state index contributed by atoms with van der Waals surface area (Å²) in [5, 5.41) is 4.84. The number of hydrogen-bond acceptors (Lipinski definition) is 6. The first-order valence-electron chi connectivity index (χ1n) is 12.0. The first-order valence-corrected chi connectivity index (χ1v) is 12.0. The molecule has 8 nitrogen and oxygen atoms in total. The summed E-state index contributed by atoms with van der Waals surface area (Å²) in [6.45, 7) is 5.55. The van der Waals surface area contributed by atoms with Crippen LogP contribution in [0.2, 0.25) is 0 Å². The Kier molecular flexibility index (Phi) is 5.01. The lowest BCUT2D eigenvalue weighted by atomic mass is 9.96. The number of rotatable bonds is 1. The summed E-state index contributed by atoms with van der Waals surface area (Å²) in [5.74, 6) is 0.372. The number of nitrogens with zero attached hydrogens (tertiary/aromatic N) is 5. The molecule has 8 heteroatoms. The molecule has 3 aromatic carbocycles. The van der Waals surface area contributed by atoms with E-state index in [0.29, 0.717) is 45.4 Å². The fourth-order valence-electron chi connectivity index (χ4n) is 5.37. The number of aromatic nitrogens is 2. The molecular formula is C29H25N5O3. The fourth-order valence-corrected chi connectivity index (χ4v) is 5.37. The second-order valence-electron chi connectivity index (χ2n) is 9.30. The van der Waals surface area contributed by atoms with Crippen molar-refractivity contribution in [3.8, 4) is 5.69 Å². The van der Waals surface area contributed by atoms with Crippen molar-refractivity contribution in [2.24, 2.45) is 4.99 Å². The summed E-state index contributed by atoms with van der Waals surface area (Å²) in [6, 6.07) is 24.0. The molecule has 1 aromatic heterocycles. The van der Waals surface area contributed by atoms with E-state index in [4.69, 9.17) is 14.8 Å². The van der Waals surface area contributed by atoms with E-state index < -0.39 is 11.7 Å². The molecule has 1 atom stereocenters. The monoisotopic (exact) mass is 491 g/mol. The minimum Gasteiger partial charge on any atom is -0.430 e. The van der Waals surface area contributed by atoms with Crippen molar-refractivity contribution in [2.45, 2.75) is 26.5 Å².